The van der Waals surface area contributed by atoms with Gasteiger partial charge in [-0.25, -0.2) is 4.39 Å². The first kappa shape index (κ1) is 31.3. The molecule has 0 radical (unpaired) electrons. The third-order valence-corrected chi connectivity index (χ3v) is 8.38. The van der Waals surface area contributed by atoms with Crippen molar-refractivity contribution >= 4 is 17.7 Å². The number of aryl methyl sites for hydroxylation is 1. The van der Waals surface area contributed by atoms with Crippen molar-refractivity contribution in [2.75, 3.05) is 26.7 Å². The van der Waals surface area contributed by atoms with Crippen LogP contribution in [0.25, 0.3) is 0 Å². The van der Waals surface area contributed by atoms with Gasteiger partial charge in [0, 0.05) is 32.6 Å². The van der Waals surface area contributed by atoms with Gasteiger partial charge in [0.05, 0.1) is 6.04 Å². The number of rotatable bonds is 3. The number of hydrogen-bond acceptors (Lipinski definition) is 6. The molecule has 4 N–H and O–H groups in total. The third-order valence-electron chi connectivity index (χ3n) is 8.38. The number of phenolic OH excluding ortho intramolecular Hbond substituents is 1. The number of carbonyl (C=O) groups excluding carboxylic acids is 3. The molecule has 0 bridgehead atoms. The van der Waals surface area contributed by atoms with Crippen LogP contribution in [0.4, 0.5) is 4.39 Å². The molecule has 1 aliphatic carbocycles. The zero-order valence-electron chi connectivity index (χ0n) is 24.5. The van der Waals surface area contributed by atoms with E-state index in [2.05, 4.69) is 16.0 Å². The van der Waals surface area contributed by atoms with Crippen molar-refractivity contribution in [3.63, 3.8) is 0 Å². The van der Waals surface area contributed by atoms with Crippen molar-refractivity contribution in [3.05, 3.63) is 59.4 Å². The predicted molar refractivity (Wildman–Crippen MR) is 158 cm³/mol. The zero-order chi connectivity index (χ0) is 30.1. The fourth-order valence-electron chi connectivity index (χ4n) is 5.74. The first-order chi connectivity index (χ1) is 20.2. The Kier molecular flexibility index (Phi) is 11.2. The molecule has 3 amide bonds. The number of likely N-dealkylation sites (N-methyl/N-ethyl adjacent to an activating group) is 1. The Bertz CT molecular complexity index is 1220. The van der Waals surface area contributed by atoms with Crippen LogP contribution in [-0.4, -0.2) is 72.6 Å². The van der Waals surface area contributed by atoms with Crippen LogP contribution in [0.5, 0.6) is 11.5 Å². The molecular weight excluding hydrogens is 539 g/mol. The number of benzene rings is 2. The van der Waals surface area contributed by atoms with Gasteiger partial charge in [0.2, 0.25) is 17.7 Å². The van der Waals surface area contributed by atoms with Crippen molar-refractivity contribution in [1.82, 2.24) is 20.9 Å². The molecule has 42 heavy (non-hydrogen) atoms. The number of nitrogens with zero attached hydrogens (tertiary/aromatic N) is 1. The number of fused-ring (bicyclic) bond motifs is 1. The second-order valence-corrected chi connectivity index (χ2v) is 11.4. The summed E-state index contributed by atoms with van der Waals surface area (Å²) >= 11 is 0. The lowest BCUT2D eigenvalue weighted by Crippen LogP contribution is -2.57. The van der Waals surface area contributed by atoms with Gasteiger partial charge in [-0.3, -0.25) is 14.4 Å². The highest BCUT2D eigenvalue weighted by molar-refractivity contribution is 5.93. The Balaban J connectivity index is 1.58. The van der Waals surface area contributed by atoms with E-state index in [4.69, 9.17) is 4.74 Å². The monoisotopic (exact) mass is 582 g/mol. The van der Waals surface area contributed by atoms with E-state index >= 15 is 0 Å². The topological polar surface area (TPSA) is 120 Å². The lowest BCUT2D eigenvalue weighted by atomic mass is 9.83. The van der Waals surface area contributed by atoms with Crippen LogP contribution in [0, 0.1) is 11.7 Å². The van der Waals surface area contributed by atoms with Gasteiger partial charge < -0.3 is 30.7 Å². The number of nitrogens with one attached hydrogen (secondary N) is 3. The van der Waals surface area contributed by atoms with Crippen molar-refractivity contribution in [3.8, 4) is 11.5 Å². The number of ether oxygens (including phenoxy) is 1. The highest BCUT2D eigenvalue weighted by Gasteiger charge is 2.35. The molecule has 9 nitrogen and oxygen atoms in total. The largest absolute Gasteiger partial charge is 0.508 e. The summed E-state index contributed by atoms with van der Waals surface area (Å²) in [4.78, 5) is 41.9. The molecule has 0 unspecified atom stereocenters. The van der Waals surface area contributed by atoms with Gasteiger partial charge in [0.1, 0.15) is 36.0 Å². The molecule has 3 atom stereocenters. The summed E-state index contributed by atoms with van der Waals surface area (Å²) in [6, 6.07) is 8.74. The Morgan fingerprint density at radius 3 is 2.45 bits per heavy atom. The molecule has 0 aromatic heterocycles. The maximum Gasteiger partial charge on any atom is 0.243 e. The van der Waals surface area contributed by atoms with Gasteiger partial charge in [-0.1, -0.05) is 37.5 Å². The Labute approximate surface area is 247 Å². The molecule has 1 aliphatic heterocycles. The maximum atomic E-state index is 14.1. The van der Waals surface area contributed by atoms with Gasteiger partial charge >= 0.3 is 0 Å². The number of aromatic hydroxyl groups is 1. The average Bonchev–Trinajstić information content (AvgIpc) is 2.99. The molecule has 0 saturated heterocycles. The minimum absolute atomic E-state index is 0.107. The summed E-state index contributed by atoms with van der Waals surface area (Å²) in [5, 5.41) is 18.8. The van der Waals surface area contributed by atoms with E-state index in [0.717, 1.165) is 43.2 Å². The lowest BCUT2D eigenvalue weighted by molar-refractivity contribution is -0.142. The molecule has 2 aromatic rings. The molecule has 0 spiro atoms. The van der Waals surface area contributed by atoms with Gasteiger partial charge in [0.25, 0.3) is 0 Å². The van der Waals surface area contributed by atoms with E-state index in [-0.39, 0.29) is 36.5 Å². The molecule has 4 rings (SSSR count). The quantitative estimate of drug-likeness (QED) is 0.442. The summed E-state index contributed by atoms with van der Waals surface area (Å²) in [5.41, 5.74) is 1.59. The SMILES string of the molecule is C[C@@H]1C(=O)N[C@H](Cc2ccc(O)cc2)C(=O)NCCCc2ccc(F)cc2OCCN[C@@H](C2CCCCC2)C(=O)N1C. The summed E-state index contributed by atoms with van der Waals surface area (Å²) in [6.45, 7) is 2.65. The van der Waals surface area contributed by atoms with E-state index in [0.29, 0.717) is 31.7 Å². The summed E-state index contributed by atoms with van der Waals surface area (Å²) in [5.74, 6) is -0.660. The minimum Gasteiger partial charge on any atom is -0.508 e. The predicted octanol–water partition coefficient (Wildman–Crippen LogP) is 3.09. The first-order valence-electron chi connectivity index (χ1n) is 15.0. The number of halogens is 1. The van der Waals surface area contributed by atoms with Crippen LogP contribution < -0.4 is 20.7 Å². The zero-order valence-corrected chi connectivity index (χ0v) is 24.5. The van der Waals surface area contributed by atoms with Crippen LogP contribution >= 0.6 is 0 Å². The van der Waals surface area contributed by atoms with Crippen molar-refractivity contribution in [2.24, 2.45) is 5.92 Å². The maximum absolute atomic E-state index is 14.1. The molecule has 1 saturated carbocycles. The van der Waals surface area contributed by atoms with E-state index in [9.17, 15) is 23.9 Å². The molecule has 2 aromatic carbocycles. The summed E-state index contributed by atoms with van der Waals surface area (Å²) in [6.07, 6.45) is 6.43. The normalized spacial score (nSPS) is 24.0. The Hall–Kier alpha value is -3.66. The van der Waals surface area contributed by atoms with Crippen LogP contribution in [0.3, 0.4) is 0 Å². The van der Waals surface area contributed by atoms with Gasteiger partial charge in [-0.15, -0.1) is 0 Å². The van der Waals surface area contributed by atoms with Gasteiger partial charge in [-0.2, -0.15) is 0 Å². The number of amides is 3. The third kappa shape index (κ3) is 8.44. The fraction of sp³-hybridized carbons (Fsp3) is 0.531. The van der Waals surface area contributed by atoms with Crippen LogP contribution in [-0.2, 0) is 27.2 Å². The van der Waals surface area contributed by atoms with Crippen molar-refractivity contribution in [2.45, 2.75) is 76.4 Å². The highest BCUT2D eigenvalue weighted by atomic mass is 19.1. The molecule has 1 heterocycles. The molecule has 2 aliphatic rings. The fourth-order valence-corrected chi connectivity index (χ4v) is 5.74. The minimum atomic E-state index is -0.885. The second kappa shape index (κ2) is 15.0. The van der Waals surface area contributed by atoms with Gasteiger partial charge in [0.15, 0.2) is 0 Å². The van der Waals surface area contributed by atoms with Crippen LogP contribution in [0.15, 0.2) is 42.5 Å². The lowest BCUT2D eigenvalue weighted by Gasteiger charge is -2.35. The van der Waals surface area contributed by atoms with Gasteiger partial charge in [-0.05, 0) is 67.9 Å². The molecule has 228 valence electrons. The Morgan fingerprint density at radius 2 is 1.71 bits per heavy atom. The van der Waals surface area contributed by atoms with E-state index in [1.54, 1.807) is 32.2 Å². The standard InChI is InChI=1S/C32H43FN4O5/c1-21-30(39)36-27(19-22-10-14-26(38)15-11-22)31(40)35-16-6-9-23-12-13-25(33)20-28(23)42-18-17-34-29(32(41)37(21)2)24-7-4-3-5-8-24/h10-15,20-21,24,27,29,34,38H,3-9,16-19H2,1-2H3,(H,35,40)(H,36,39)/t21-,27-,29+/m1/s1. The first-order valence-corrected chi connectivity index (χ1v) is 15.0. The summed E-state index contributed by atoms with van der Waals surface area (Å²) in [7, 11) is 1.62. The molecular formula is C32H43FN4O5. The van der Waals surface area contributed by atoms with Crippen LogP contribution in [0.1, 0.15) is 56.6 Å². The average molecular weight is 583 g/mol. The van der Waals surface area contributed by atoms with E-state index < -0.39 is 29.8 Å². The van der Waals surface area contributed by atoms with E-state index in [1.165, 1.54) is 29.2 Å². The smallest absolute Gasteiger partial charge is 0.243 e. The summed E-state index contributed by atoms with van der Waals surface area (Å²) < 4.78 is 20.0. The number of hydrogen-bond donors (Lipinski definition) is 4. The molecule has 10 heteroatoms. The Morgan fingerprint density at radius 1 is 0.976 bits per heavy atom. The number of carbonyl (C=O) groups is 3. The van der Waals surface area contributed by atoms with Crippen molar-refractivity contribution < 1.29 is 28.6 Å². The number of phenols is 1. The molecule has 1 fully saturated rings. The van der Waals surface area contributed by atoms with Crippen LogP contribution in [0.2, 0.25) is 0 Å². The second-order valence-electron chi connectivity index (χ2n) is 11.4. The highest BCUT2D eigenvalue weighted by Crippen LogP contribution is 2.28. The van der Waals surface area contributed by atoms with Crippen molar-refractivity contribution in [1.29, 1.82) is 0 Å². The van der Waals surface area contributed by atoms with E-state index in [1.807, 2.05) is 0 Å².